The molecule has 1 unspecified atom stereocenters. The maximum atomic E-state index is 13.4. The van der Waals surface area contributed by atoms with Crippen LogP contribution >= 0.6 is 0 Å². The van der Waals surface area contributed by atoms with Crippen molar-refractivity contribution in [3.8, 4) is 0 Å². The van der Waals surface area contributed by atoms with Crippen LogP contribution in [0.25, 0.3) is 0 Å². The monoisotopic (exact) mass is 585 g/mol. The third-order valence-electron chi connectivity index (χ3n) is 7.10. The smallest absolute Gasteiger partial charge is 0.334 e. The summed E-state index contributed by atoms with van der Waals surface area (Å²) in [6.45, 7) is -0.188. The molecule has 0 aliphatic carbocycles. The first-order valence-corrected chi connectivity index (χ1v) is 13.0. The van der Waals surface area contributed by atoms with Crippen molar-refractivity contribution in [1.82, 2.24) is 20.0 Å². The van der Waals surface area contributed by atoms with Crippen LogP contribution in [-0.2, 0) is 35.0 Å². The van der Waals surface area contributed by atoms with E-state index in [1.165, 1.54) is 9.80 Å². The molecule has 4 amide bonds. The van der Waals surface area contributed by atoms with Crippen molar-refractivity contribution >= 4 is 17.8 Å². The fraction of sp³-hybridized carbons (Fsp3) is 0.444. The van der Waals surface area contributed by atoms with Gasteiger partial charge in [0.1, 0.15) is 12.2 Å². The summed E-state index contributed by atoms with van der Waals surface area (Å²) >= 11 is 0. The Hall–Kier alpha value is -3.81. The number of benzene rings is 2. The maximum absolute atomic E-state index is 13.4. The molecule has 0 aromatic heterocycles. The Labute approximate surface area is 232 Å². The molecule has 2 saturated heterocycles. The molecule has 2 atom stereocenters. The van der Waals surface area contributed by atoms with Gasteiger partial charge in [-0.05, 0) is 48.7 Å². The van der Waals surface area contributed by atoms with E-state index in [0.29, 0.717) is 18.6 Å². The molecule has 4 rings (SSSR count). The van der Waals surface area contributed by atoms with Gasteiger partial charge < -0.3 is 25.8 Å². The Morgan fingerprint density at radius 1 is 0.951 bits per heavy atom. The second kappa shape index (κ2) is 12.0. The van der Waals surface area contributed by atoms with Crippen LogP contribution in [0.2, 0.25) is 0 Å². The number of alkyl halides is 6. The van der Waals surface area contributed by atoms with Crippen LogP contribution in [0.5, 0.6) is 0 Å². The van der Waals surface area contributed by atoms with Crippen molar-refractivity contribution in [3.05, 3.63) is 70.8 Å². The number of carbonyl (C=O) groups excluding carboxylic acids is 3. The minimum absolute atomic E-state index is 0.0152. The molecular weight excluding hydrogens is 556 g/mol. The predicted molar refractivity (Wildman–Crippen MR) is 135 cm³/mol. The van der Waals surface area contributed by atoms with Crippen LogP contribution in [0.1, 0.15) is 41.5 Å². The lowest BCUT2D eigenvalue weighted by atomic mass is 9.99. The molecule has 2 aromatic rings. The number of nitrogens with zero attached hydrogens (tertiary/aromatic N) is 3. The minimum Gasteiger partial charge on any atom is -0.334 e. The molecule has 2 heterocycles. The van der Waals surface area contributed by atoms with Crippen LogP contribution in [0.3, 0.4) is 0 Å². The van der Waals surface area contributed by atoms with Crippen molar-refractivity contribution in [2.75, 3.05) is 19.6 Å². The summed E-state index contributed by atoms with van der Waals surface area (Å²) in [6, 6.07) is 8.55. The molecule has 2 aliphatic heterocycles. The van der Waals surface area contributed by atoms with Gasteiger partial charge >= 0.3 is 18.4 Å². The molecule has 0 bridgehead atoms. The van der Waals surface area contributed by atoms with Gasteiger partial charge in [-0.3, -0.25) is 9.59 Å². The zero-order valence-electron chi connectivity index (χ0n) is 21.8. The highest BCUT2D eigenvalue weighted by Gasteiger charge is 2.48. The first-order valence-electron chi connectivity index (χ1n) is 13.0. The zero-order chi connectivity index (χ0) is 29.9. The van der Waals surface area contributed by atoms with E-state index in [-0.39, 0.29) is 56.9 Å². The van der Waals surface area contributed by atoms with E-state index in [9.17, 15) is 40.7 Å². The third-order valence-corrected chi connectivity index (χ3v) is 7.10. The van der Waals surface area contributed by atoms with E-state index < -0.39 is 53.8 Å². The first-order chi connectivity index (χ1) is 19.3. The van der Waals surface area contributed by atoms with Gasteiger partial charge in [-0.2, -0.15) is 26.3 Å². The van der Waals surface area contributed by atoms with E-state index >= 15 is 0 Å². The number of fused-ring (bicyclic) bond motifs is 1. The molecule has 222 valence electrons. The van der Waals surface area contributed by atoms with E-state index in [2.05, 4.69) is 5.32 Å². The van der Waals surface area contributed by atoms with Crippen molar-refractivity contribution in [2.24, 2.45) is 5.73 Å². The highest BCUT2D eigenvalue weighted by Crippen LogP contribution is 2.36. The number of hydrogen-bond donors (Lipinski definition) is 2. The summed E-state index contributed by atoms with van der Waals surface area (Å²) in [7, 11) is 0. The van der Waals surface area contributed by atoms with Gasteiger partial charge in [0.25, 0.3) is 0 Å². The Bertz CT molecular complexity index is 1240. The van der Waals surface area contributed by atoms with Crippen LogP contribution in [0, 0.1) is 0 Å². The highest BCUT2D eigenvalue weighted by molar-refractivity contribution is 5.91. The fourth-order valence-corrected chi connectivity index (χ4v) is 5.15. The van der Waals surface area contributed by atoms with Crippen molar-refractivity contribution in [2.45, 2.75) is 56.9 Å². The summed E-state index contributed by atoms with van der Waals surface area (Å²) in [5.41, 5.74) is 3.11. The van der Waals surface area contributed by atoms with Crippen LogP contribution in [-0.4, -0.2) is 64.4 Å². The number of amides is 4. The van der Waals surface area contributed by atoms with Gasteiger partial charge in [-0.15, -0.1) is 0 Å². The summed E-state index contributed by atoms with van der Waals surface area (Å²) in [4.78, 5) is 43.9. The third kappa shape index (κ3) is 6.92. The number of urea groups is 1. The van der Waals surface area contributed by atoms with Crippen molar-refractivity contribution in [3.63, 3.8) is 0 Å². The Balaban J connectivity index is 1.57. The molecule has 0 spiro atoms. The molecule has 8 nitrogen and oxygen atoms in total. The number of nitrogens with two attached hydrogens (primary N) is 1. The van der Waals surface area contributed by atoms with Gasteiger partial charge in [0, 0.05) is 26.1 Å². The average Bonchev–Trinajstić information content (AvgIpc) is 2.91. The Kier molecular flexibility index (Phi) is 8.80. The fourth-order valence-electron chi connectivity index (χ4n) is 5.15. The topological polar surface area (TPSA) is 99.0 Å². The zero-order valence-corrected chi connectivity index (χ0v) is 21.8. The van der Waals surface area contributed by atoms with Crippen LogP contribution < -0.4 is 11.1 Å². The first kappa shape index (κ1) is 30.2. The summed E-state index contributed by atoms with van der Waals surface area (Å²) < 4.78 is 79.5. The predicted octanol–water partition coefficient (Wildman–Crippen LogP) is 3.94. The molecule has 2 fully saturated rings. The SMILES string of the molecule is NCCC[C@H]1C(=O)N(Cc2ccccc2)CC2N(C(=O)NCc3cc(C(F)(F)F)cc(C(F)(F)F)c3)CCC(=O)N21. The van der Waals surface area contributed by atoms with Crippen molar-refractivity contribution in [1.29, 1.82) is 0 Å². The maximum Gasteiger partial charge on any atom is 0.416 e. The Morgan fingerprint density at radius 3 is 2.17 bits per heavy atom. The molecule has 2 aromatic carbocycles. The standard InChI is InChI=1S/C27H29F6N5O3/c28-26(29,30)19-11-18(12-20(13-19)27(31,32)33)14-35-25(41)37-10-8-23(39)38-21(7-4-9-34)24(40)36(16-22(37)38)15-17-5-2-1-3-6-17/h1-3,5-6,11-13,21-22H,4,7-10,14-16,34H2,(H,35,41)/t21-,22?/m0/s1. The quantitative estimate of drug-likeness (QED) is 0.481. The lowest BCUT2D eigenvalue weighted by Gasteiger charge is -2.52. The van der Waals surface area contributed by atoms with Gasteiger partial charge in [-0.25, -0.2) is 4.79 Å². The molecule has 14 heteroatoms. The van der Waals surface area contributed by atoms with E-state index in [0.717, 1.165) is 5.56 Å². The average molecular weight is 586 g/mol. The number of halogens is 6. The van der Waals surface area contributed by atoms with Gasteiger partial charge in [0.05, 0.1) is 17.7 Å². The molecule has 41 heavy (non-hydrogen) atoms. The van der Waals surface area contributed by atoms with Crippen LogP contribution in [0.15, 0.2) is 48.5 Å². The summed E-state index contributed by atoms with van der Waals surface area (Å²) in [5.74, 6) is -0.626. The highest BCUT2D eigenvalue weighted by atomic mass is 19.4. The summed E-state index contributed by atoms with van der Waals surface area (Å²) in [6.07, 6.45) is -10.3. The Morgan fingerprint density at radius 2 is 1.59 bits per heavy atom. The molecule has 0 radical (unpaired) electrons. The van der Waals surface area contributed by atoms with Crippen molar-refractivity contribution < 1.29 is 40.7 Å². The number of rotatable bonds is 7. The largest absolute Gasteiger partial charge is 0.416 e. The lowest BCUT2D eigenvalue weighted by Crippen LogP contribution is -2.71. The van der Waals surface area contributed by atoms with E-state index in [1.54, 1.807) is 4.90 Å². The molecule has 3 N–H and O–H groups in total. The number of piperazine rings is 1. The number of hydrogen-bond acceptors (Lipinski definition) is 4. The van der Waals surface area contributed by atoms with Crippen LogP contribution in [0.4, 0.5) is 31.1 Å². The van der Waals surface area contributed by atoms with Gasteiger partial charge in [-0.1, -0.05) is 30.3 Å². The summed E-state index contributed by atoms with van der Waals surface area (Å²) in [5, 5.41) is 2.40. The normalized spacial score (nSPS) is 19.8. The molecular formula is C27H29F6N5O3. The van der Waals surface area contributed by atoms with Gasteiger partial charge in [0.2, 0.25) is 11.8 Å². The van der Waals surface area contributed by atoms with E-state index in [4.69, 9.17) is 5.73 Å². The number of carbonyl (C=O) groups is 3. The molecule has 2 aliphatic rings. The lowest BCUT2D eigenvalue weighted by molar-refractivity contribution is -0.167. The second-order valence-corrected chi connectivity index (χ2v) is 9.95. The second-order valence-electron chi connectivity index (χ2n) is 9.95. The van der Waals surface area contributed by atoms with E-state index in [1.807, 2.05) is 30.3 Å². The molecule has 0 saturated carbocycles. The number of nitrogens with one attached hydrogen (secondary N) is 1. The minimum atomic E-state index is -5.02. The van der Waals surface area contributed by atoms with Gasteiger partial charge in [0.15, 0.2) is 0 Å².